The van der Waals surface area contributed by atoms with Crippen molar-refractivity contribution >= 4 is 57.2 Å². The molecule has 1 unspecified atom stereocenters. The summed E-state index contributed by atoms with van der Waals surface area (Å²) in [6.07, 6.45) is 0.357. The first kappa shape index (κ1) is 20.8. The highest BCUT2D eigenvalue weighted by molar-refractivity contribution is 7.15. The molecule has 1 fully saturated rings. The number of rotatable bonds is 4. The summed E-state index contributed by atoms with van der Waals surface area (Å²) in [5.41, 5.74) is 3.38. The predicted octanol–water partition coefficient (Wildman–Crippen LogP) is 5.23. The Kier molecular flexibility index (Phi) is 5.77. The highest BCUT2D eigenvalue weighted by atomic mass is 35.5. The summed E-state index contributed by atoms with van der Waals surface area (Å²) < 4.78 is 0. The zero-order valence-corrected chi connectivity index (χ0v) is 18.6. The number of nitrogens with zero attached hydrogens (tertiary/aromatic N) is 3. The van der Waals surface area contributed by atoms with Crippen LogP contribution in [-0.2, 0) is 4.79 Å². The van der Waals surface area contributed by atoms with Gasteiger partial charge in [0.15, 0.2) is 0 Å². The van der Waals surface area contributed by atoms with E-state index in [-0.39, 0.29) is 17.4 Å². The van der Waals surface area contributed by atoms with Crippen LogP contribution >= 0.6 is 34.5 Å². The first-order chi connectivity index (χ1) is 14.3. The van der Waals surface area contributed by atoms with Crippen LogP contribution in [0, 0.1) is 13.8 Å². The number of hydrogen-bond donors (Lipinski definition) is 1. The number of carbonyl (C=O) groups is 2. The Labute approximate surface area is 187 Å². The van der Waals surface area contributed by atoms with E-state index in [2.05, 4.69) is 21.6 Å². The van der Waals surface area contributed by atoms with Crippen LogP contribution in [0.5, 0.6) is 0 Å². The van der Waals surface area contributed by atoms with Crippen molar-refractivity contribution in [2.75, 3.05) is 16.8 Å². The maximum atomic E-state index is 12.6. The second kappa shape index (κ2) is 8.34. The topological polar surface area (TPSA) is 75.2 Å². The van der Waals surface area contributed by atoms with Gasteiger partial charge in [0.25, 0.3) is 5.91 Å². The van der Waals surface area contributed by atoms with E-state index in [0.29, 0.717) is 33.2 Å². The molecule has 4 rings (SSSR count). The quantitative estimate of drug-likeness (QED) is 0.577. The van der Waals surface area contributed by atoms with Gasteiger partial charge in [-0.05, 0) is 55.3 Å². The summed E-state index contributed by atoms with van der Waals surface area (Å²) in [5, 5.41) is 12.7. The number of anilines is 2. The Morgan fingerprint density at radius 2 is 1.87 bits per heavy atom. The average Bonchev–Trinajstić information content (AvgIpc) is 3.29. The van der Waals surface area contributed by atoms with Crippen LogP contribution in [0.4, 0.5) is 10.8 Å². The number of benzene rings is 2. The van der Waals surface area contributed by atoms with Gasteiger partial charge in [0.2, 0.25) is 11.0 Å². The monoisotopic (exact) mass is 460 g/mol. The van der Waals surface area contributed by atoms with Crippen LogP contribution in [0.15, 0.2) is 36.4 Å². The molecule has 1 aliphatic rings. The SMILES string of the molecule is Cc1cc(C)cc(N2CC(c3nnc(NC(=O)c4cc(Cl)ccc4Cl)s3)CC2=O)c1. The molecule has 154 valence electrons. The molecular weight excluding hydrogens is 443 g/mol. The Hall–Kier alpha value is -2.48. The van der Waals surface area contributed by atoms with E-state index >= 15 is 0 Å². The van der Waals surface area contributed by atoms with Crippen LogP contribution in [0.25, 0.3) is 0 Å². The highest BCUT2D eigenvalue weighted by Crippen LogP contribution is 2.35. The van der Waals surface area contributed by atoms with Gasteiger partial charge in [-0.2, -0.15) is 0 Å². The Bertz CT molecular complexity index is 1130. The maximum absolute atomic E-state index is 12.6. The summed E-state index contributed by atoms with van der Waals surface area (Å²) in [6.45, 7) is 4.56. The largest absolute Gasteiger partial charge is 0.312 e. The van der Waals surface area contributed by atoms with E-state index in [1.165, 1.54) is 17.4 Å². The zero-order chi connectivity index (χ0) is 21.4. The van der Waals surface area contributed by atoms with Crippen molar-refractivity contribution < 1.29 is 9.59 Å². The van der Waals surface area contributed by atoms with Crippen LogP contribution in [0.3, 0.4) is 0 Å². The molecule has 1 saturated heterocycles. The van der Waals surface area contributed by atoms with Gasteiger partial charge >= 0.3 is 0 Å². The minimum Gasteiger partial charge on any atom is -0.312 e. The molecule has 1 aromatic heterocycles. The number of hydrogen-bond acceptors (Lipinski definition) is 5. The van der Waals surface area contributed by atoms with E-state index in [1.807, 2.05) is 26.0 Å². The van der Waals surface area contributed by atoms with Crippen molar-refractivity contribution in [1.82, 2.24) is 10.2 Å². The molecular formula is C21H18Cl2N4O2S. The molecule has 1 atom stereocenters. The molecule has 0 aliphatic carbocycles. The van der Waals surface area contributed by atoms with Crippen LogP contribution in [-0.4, -0.2) is 28.6 Å². The van der Waals surface area contributed by atoms with E-state index in [4.69, 9.17) is 23.2 Å². The third-order valence-electron chi connectivity index (χ3n) is 4.83. The Morgan fingerprint density at radius 1 is 1.13 bits per heavy atom. The van der Waals surface area contributed by atoms with Crippen molar-refractivity contribution in [3.05, 3.63) is 68.1 Å². The molecule has 0 bridgehead atoms. The molecule has 2 heterocycles. The zero-order valence-electron chi connectivity index (χ0n) is 16.3. The summed E-state index contributed by atoms with van der Waals surface area (Å²) in [5.74, 6) is -0.433. The lowest BCUT2D eigenvalue weighted by molar-refractivity contribution is -0.117. The molecule has 30 heavy (non-hydrogen) atoms. The van der Waals surface area contributed by atoms with Gasteiger partial charge in [-0.3, -0.25) is 14.9 Å². The van der Waals surface area contributed by atoms with Gasteiger partial charge in [-0.25, -0.2) is 0 Å². The Balaban J connectivity index is 1.48. The van der Waals surface area contributed by atoms with Crippen molar-refractivity contribution in [2.45, 2.75) is 26.2 Å². The van der Waals surface area contributed by atoms with Crippen LogP contribution < -0.4 is 10.2 Å². The molecule has 0 radical (unpaired) electrons. The van der Waals surface area contributed by atoms with Crippen molar-refractivity contribution in [1.29, 1.82) is 0 Å². The molecule has 1 N–H and O–H groups in total. The number of halogens is 2. The van der Waals surface area contributed by atoms with Crippen LogP contribution in [0.2, 0.25) is 10.0 Å². The number of amides is 2. The lowest BCUT2D eigenvalue weighted by Gasteiger charge is -2.17. The molecule has 9 heteroatoms. The summed E-state index contributed by atoms with van der Waals surface area (Å²) >= 11 is 13.3. The minimum atomic E-state index is -0.412. The fraction of sp³-hybridized carbons (Fsp3) is 0.238. The van der Waals surface area contributed by atoms with E-state index in [9.17, 15) is 9.59 Å². The van der Waals surface area contributed by atoms with E-state index in [0.717, 1.165) is 16.8 Å². The highest BCUT2D eigenvalue weighted by Gasteiger charge is 2.34. The van der Waals surface area contributed by atoms with Gasteiger partial charge in [-0.1, -0.05) is 40.6 Å². The molecule has 1 aliphatic heterocycles. The van der Waals surface area contributed by atoms with Gasteiger partial charge in [-0.15, -0.1) is 10.2 Å². The molecule has 0 saturated carbocycles. The van der Waals surface area contributed by atoms with Gasteiger partial charge in [0, 0.05) is 29.6 Å². The fourth-order valence-electron chi connectivity index (χ4n) is 3.52. The Morgan fingerprint density at radius 3 is 2.60 bits per heavy atom. The van der Waals surface area contributed by atoms with Crippen molar-refractivity contribution in [3.8, 4) is 0 Å². The van der Waals surface area contributed by atoms with E-state index < -0.39 is 5.91 Å². The van der Waals surface area contributed by atoms with Crippen molar-refractivity contribution in [2.24, 2.45) is 0 Å². The second-order valence-electron chi connectivity index (χ2n) is 7.28. The minimum absolute atomic E-state index is 0.0523. The average molecular weight is 461 g/mol. The number of nitrogens with one attached hydrogen (secondary N) is 1. The van der Waals surface area contributed by atoms with Gasteiger partial charge < -0.3 is 4.90 Å². The molecule has 6 nitrogen and oxygen atoms in total. The molecule has 3 aromatic rings. The molecule has 2 aromatic carbocycles. The second-order valence-corrected chi connectivity index (χ2v) is 9.13. The lowest BCUT2D eigenvalue weighted by Crippen LogP contribution is -2.24. The molecule has 2 amide bonds. The standard InChI is InChI=1S/C21H18Cl2N4O2S/c1-11-5-12(2)7-15(6-11)27-10-13(8-18(27)28)20-25-26-21(30-20)24-19(29)16-9-14(22)3-4-17(16)23/h3-7,9,13H,8,10H2,1-2H3,(H,24,26,29). The number of aromatic nitrogens is 2. The van der Waals surface area contributed by atoms with Gasteiger partial charge in [0.1, 0.15) is 5.01 Å². The van der Waals surface area contributed by atoms with Gasteiger partial charge in [0.05, 0.1) is 10.6 Å². The van der Waals surface area contributed by atoms with Crippen molar-refractivity contribution in [3.63, 3.8) is 0 Å². The lowest BCUT2D eigenvalue weighted by atomic mass is 10.1. The normalized spacial score (nSPS) is 16.2. The first-order valence-corrected chi connectivity index (χ1v) is 10.9. The first-order valence-electron chi connectivity index (χ1n) is 9.28. The fourth-order valence-corrected chi connectivity index (χ4v) is 4.72. The van der Waals surface area contributed by atoms with Crippen LogP contribution in [0.1, 0.15) is 38.8 Å². The maximum Gasteiger partial charge on any atom is 0.259 e. The summed E-state index contributed by atoms with van der Waals surface area (Å²) in [7, 11) is 0. The summed E-state index contributed by atoms with van der Waals surface area (Å²) in [4.78, 5) is 26.9. The summed E-state index contributed by atoms with van der Waals surface area (Å²) in [6, 6.07) is 10.8. The third-order valence-corrected chi connectivity index (χ3v) is 6.39. The predicted molar refractivity (Wildman–Crippen MR) is 120 cm³/mol. The third kappa shape index (κ3) is 4.33. The number of aryl methyl sites for hydroxylation is 2. The number of carbonyl (C=O) groups excluding carboxylic acids is 2. The molecule has 0 spiro atoms. The smallest absolute Gasteiger partial charge is 0.259 e. The van der Waals surface area contributed by atoms with E-state index in [1.54, 1.807) is 17.0 Å².